The van der Waals surface area contributed by atoms with Crippen molar-refractivity contribution in [2.75, 3.05) is 19.7 Å². The molecule has 0 radical (unpaired) electrons. The third kappa shape index (κ3) is 6.52. The number of nitrogens with zero attached hydrogens (tertiary/aromatic N) is 2. The number of aromatic nitrogens is 2. The van der Waals surface area contributed by atoms with Crippen LogP contribution in [0.3, 0.4) is 0 Å². The third-order valence-corrected chi connectivity index (χ3v) is 3.63. The van der Waals surface area contributed by atoms with Crippen molar-refractivity contribution in [1.29, 1.82) is 0 Å². The fourth-order valence-electron chi connectivity index (χ4n) is 2.47. The smallest absolute Gasteiger partial charge is 0.0897 e. The van der Waals surface area contributed by atoms with E-state index in [-0.39, 0.29) is 0 Å². The minimum atomic E-state index is -0.479. The molecule has 5 heteroatoms. The van der Waals surface area contributed by atoms with Crippen LogP contribution in [0.1, 0.15) is 23.4 Å². The summed E-state index contributed by atoms with van der Waals surface area (Å²) in [6.07, 6.45) is 0.506. The highest BCUT2D eigenvalue weighted by Gasteiger charge is 2.04. The second kappa shape index (κ2) is 9.45. The number of aliphatic hydroxyl groups is 1. The van der Waals surface area contributed by atoms with Crippen LogP contribution in [0.25, 0.3) is 0 Å². The second-order valence-electron chi connectivity index (χ2n) is 5.86. The SMILES string of the molecule is Cc1cc(C)n(CCCNC[C@H](O)COCc2ccccc2)n1. The Morgan fingerprint density at radius 1 is 1.26 bits per heavy atom. The second-order valence-corrected chi connectivity index (χ2v) is 5.86. The lowest BCUT2D eigenvalue weighted by atomic mass is 10.2. The lowest BCUT2D eigenvalue weighted by molar-refractivity contribution is 0.0289. The van der Waals surface area contributed by atoms with E-state index >= 15 is 0 Å². The maximum Gasteiger partial charge on any atom is 0.0897 e. The number of aliphatic hydroxyl groups excluding tert-OH is 1. The molecule has 1 atom stereocenters. The normalized spacial score (nSPS) is 12.5. The van der Waals surface area contributed by atoms with Gasteiger partial charge in [-0.3, -0.25) is 4.68 Å². The monoisotopic (exact) mass is 317 g/mol. The third-order valence-electron chi connectivity index (χ3n) is 3.63. The molecule has 2 N–H and O–H groups in total. The van der Waals surface area contributed by atoms with E-state index < -0.39 is 6.10 Å². The highest BCUT2D eigenvalue weighted by molar-refractivity contribution is 5.13. The van der Waals surface area contributed by atoms with Crippen LogP contribution in [0.5, 0.6) is 0 Å². The Morgan fingerprint density at radius 2 is 2.04 bits per heavy atom. The molecule has 0 bridgehead atoms. The topological polar surface area (TPSA) is 59.3 Å². The molecule has 0 fully saturated rings. The quantitative estimate of drug-likeness (QED) is 0.659. The van der Waals surface area contributed by atoms with E-state index in [0.29, 0.717) is 19.8 Å². The minimum Gasteiger partial charge on any atom is -0.389 e. The molecule has 0 aliphatic heterocycles. The summed E-state index contributed by atoms with van der Waals surface area (Å²) in [7, 11) is 0. The summed E-state index contributed by atoms with van der Waals surface area (Å²) in [5.41, 5.74) is 3.37. The van der Waals surface area contributed by atoms with Gasteiger partial charge >= 0.3 is 0 Å². The van der Waals surface area contributed by atoms with Gasteiger partial charge in [0.15, 0.2) is 0 Å². The van der Waals surface area contributed by atoms with Gasteiger partial charge in [0.25, 0.3) is 0 Å². The summed E-state index contributed by atoms with van der Waals surface area (Å²) < 4.78 is 7.55. The first-order valence-electron chi connectivity index (χ1n) is 8.16. The van der Waals surface area contributed by atoms with Gasteiger partial charge in [0.2, 0.25) is 0 Å². The van der Waals surface area contributed by atoms with Gasteiger partial charge in [-0.15, -0.1) is 0 Å². The van der Waals surface area contributed by atoms with Crippen LogP contribution in [0.15, 0.2) is 36.4 Å². The molecule has 0 saturated heterocycles. The van der Waals surface area contributed by atoms with Crippen molar-refractivity contribution >= 4 is 0 Å². The number of aryl methyl sites for hydroxylation is 3. The van der Waals surface area contributed by atoms with Crippen molar-refractivity contribution < 1.29 is 9.84 Å². The van der Waals surface area contributed by atoms with E-state index in [2.05, 4.69) is 23.4 Å². The van der Waals surface area contributed by atoms with Crippen molar-refractivity contribution in [1.82, 2.24) is 15.1 Å². The van der Waals surface area contributed by atoms with Crippen molar-refractivity contribution in [2.45, 2.75) is 39.5 Å². The molecule has 5 nitrogen and oxygen atoms in total. The van der Waals surface area contributed by atoms with Crippen molar-refractivity contribution in [3.8, 4) is 0 Å². The van der Waals surface area contributed by atoms with E-state index in [1.54, 1.807) is 0 Å². The first kappa shape index (κ1) is 17.7. The number of hydrogen-bond acceptors (Lipinski definition) is 4. The van der Waals surface area contributed by atoms with Crippen LogP contribution in [0, 0.1) is 13.8 Å². The summed E-state index contributed by atoms with van der Waals surface area (Å²) in [6.45, 7) is 7.26. The summed E-state index contributed by atoms with van der Waals surface area (Å²) >= 11 is 0. The van der Waals surface area contributed by atoms with Gasteiger partial charge in [0.1, 0.15) is 0 Å². The molecule has 0 aliphatic carbocycles. The van der Waals surface area contributed by atoms with Crippen LogP contribution < -0.4 is 5.32 Å². The molecule has 0 aliphatic rings. The largest absolute Gasteiger partial charge is 0.389 e. The molecule has 1 aromatic carbocycles. The molecule has 126 valence electrons. The van der Waals surface area contributed by atoms with Gasteiger partial charge in [0.05, 0.1) is 25.0 Å². The first-order chi connectivity index (χ1) is 11.1. The van der Waals surface area contributed by atoms with Crippen molar-refractivity contribution in [2.24, 2.45) is 0 Å². The van der Waals surface area contributed by atoms with Crippen molar-refractivity contribution in [3.63, 3.8) is 0 Å². The average molecular weight is 317 g/mol. The predicted molar refractivity (Wildman–Crippen MR) is 91.3 cm³/mol. The Morgan fingerprint density at radius 3 is 2.74 bits per heavy atom. The van der Waals surface area contributed by atoms with Gasteiger partial charge < -0.3 is 15.2 Å². The Labute approximate surface area is 138 Å². The minimum absolute atomic E-state index is 0.347. The molecule has 23 heavy (non-hydrogen) atoms. The number of nitrogens with one attached hydrogen (secondary N) is 1. The highest BCUT2D eigenvalue weighted by atomic mass is 16.5. The van der Waals surface area contributed by atoms with Gasteiger partial charge in [0, 0.05) is 18.8 Å². The summed E-state index contributed by atoms with van der Waals surface area (Å²) in [6, 6.07) is 12.1. The lowest BCUT2D eigenvalue weighted by Crippen LogP contribution is -2.31. The van der Waals surface area contributed by atoms with Gasteiger partial charge in [-0.1, -0.05) is 30.3 Å². The summed E-state index contributed by atoms with van der Waals surface area (Å²) in [5.74, 6) is 0. The van der Waals surface area contributed by atoms with E-state index in [1.165, 1.54) is 5.69 Å². The first-order valence-corrected chi connectivity index (χ1v) is 8.16. The Bertz CT molecular complexity index is 569. The Kier molecular flexibility index (Phi) is 7.26. The van der Waals surface area contributed by atoms with Gasteiger partial charge in [-0.2, -0.15) is 5.10 Å². The number of rotatable bonds is 10. The van der Waals surface area contributed by atoms with Crippen LogP contribution in [0.4, 0.5) is 0 Å². The van der Waals surface area contributed by atoms with Crippen molar-refractivity contribution in [3.05, 3.63) is 53.3 Å². The molecular weight excluding hydrogens is 290 g/mol. The Balaban J connectivity index is 1.51. The Hall–Kier alpha value is -1.69. The van der Waals surface area contributed by atoms with Crippen LogP contribution in [-0.2, 0) is 17.9 Å². The zero-order valence-corrected chi connectivity index (χ0v) is 14.0. The van der Waals surface area contributed by atoms with Gasteiger partial charge in [-0.05, 0) is 38.4 Å². The summed E-state index contributed by atoms with van der Waals surface area (Å²) in [4.78, 5) is 0. The van der Waals surface area contributed by atoms with E-state index in [4.69, 9.17) is 4.74 Å². The fourth-order valence-corrected chi connectivity index (χ4v) is 2.47. The molecule has 2 aromatic rings. The van der Waals surface area contributed by atoms with Crippen LogP contribution >= 0.6 is 0 Å². The standard InChI is InChI=1S/C18H27N3O2/c1-15-11-16(2)21(20-15)10-6-9-19-12-18(22)14-23-13-17-7-4-3-5-8-17/h3-5,7-8,11,18-19,22H,6,9-10,12-14H2,1-2H3/t18-/m0/s1. The molecule has 2 rings (SSSR count). The number of benzene rings is 1. The molecular formula is C18H27N3O2. The van der Waals surface area contributed by atoms with Gasteiger partial charge in [-0.25, -0.2) is 0 Å². The molecule has 0 spiro atoms. The maximum absolute atomic E-state index is 9.89. The van der Waals surface area contributed by atoms with E-state index in [0.717, 1.165) is 30.8 Å². The average Bonchev–Trinajstić information content (AvgIpc) is 2.86. The fraction of sp³-hybridized carbons (Fsp3) is 0.500. The summed E-state index contributed by atoms with van der Waals surface area (Å²) in [5, 5.41) is 17.6. The highest BCUT2D eigenvalue weighted by Crippen LogP contribution is 2.02. The molecule has 1 aromatic heterocycles. The van der Waals surface area contributed by atoms with E-state index in [9.17, 15) is 5.11 Å². The zero-order chi connectivity index (χ0) is 16.5. The predicted octanol–water partition coefficient (Wildman–Crippen LogP) is 2.06. The molecule has 1 heterocycles. The molecule has 0 unspecified atom stereocenters. The number of hydrogen-bond donors (Lipinski definition) is 2. The maximum atomic E-state index is 9.89. The number of ether oxygens (including phenoxy) is 1. The lowest BCUT2D eigenvalue weighted by Gasteiger charge is -2.12. The van der Waals surface area contributed by atoms with E-state index in [1.807, 2.05) is 41.9 Å². The van der Waals surface area contributed by atoms with Crippen LogP contribution in [0.2, 0.25) is 0 Å². The molecule has 0 amide bonds. The molecule has 0 saturated carbocycles. The zero-order valence-electron chi connectivity index (χ0n) is 14.0. The van der Waals surface area contributed by atoms with Crippen LogP contribution in [-0.4, -0.2) is 40.7 Å².